The minimum Gasteiger partial charge on any atom is -0.393 e. The summed E-state index contributed by atoms with van der Waals surface area (Å²) < 4.78 is 30.2. The second kappa shape index (κ2) is 11.2. The predicted octanol–water partition coefficient (Wildman–Crippen LogP) is -0.637. The second-order valence-corrected chi connectivity index (χ2v) is 10.8. The fourth-order valence-corrected chi connectivity index (χ4v) is 5.24. The first-order chi connectivity index (χ1) is 17.4. The molecule has 0 aromatic rings. The minimum atomic E-state index is -1.80. The molecule has 13 heteroatoms. The van der Waals surface area contributed by atoms with Gasteiger partial charge in [-0.05, 0) is 27.7 Å². The zero-order valence-corrected chi connectivity index (χ0v) is 23.3. The lowest BCUT2D eigenvalue weighted by molar-refractivity contribution is -0.378. The first kappa shape index (κ1) is 32.2. The molecule has 0 aromatic heterocycles. The first-order valence-electron chi connectivity index (χ1n) is 12.2. The van der Waals surface area contributed by atoms with Crippen molar-refractivity contribution >= 4 is 23.9 Å². The number of esters is 4. The standard InChI is InChI=1S/C13H26O6.C12H14O7/c1-10(8-18-6)12(3,15)13(4,16)11(2,14)9(19-10)7-17-5;1-4-6(11(15)18-9(4)13)8(17-3)7-5(2)10(14)19-12(7)16/h9,14-16H,7-8H2,1-6H3;4-8H,1-3H3/t9?,10-,11-,12?,13-;/m1./s1. The van der Waals surface area contributed by atoms with Crippen molar-refractivity contribution in [1.82, 2.24) is 0 Å². The van der Waals surface area contributed by atoms with Crippen LogP contribution in [-0.4, -0.2) is 108 Å². The summed E-state index contributed by atoms with van der Waals surface area (Å²) in [5, 5.41) is 32.0. The van der Waals surface area contributed by atoms with Gasteiger partial charge in [0.2, 0.25) is 0 Å². The van der Waals surface area contributed by atoms with Gasteiger partial charge in [0.1, 0.15) is 28.5 Å². The van der Waals surface area contributed by atoms with Crippen molar-refractivity contribution in [2.24, 2.45) is 23.7 Å². The van der Waals surface area contributed by atoms with E-state index in [1.165, 1.54) is 55.9 Å². The number of rotatable bonds is 7. The molecular formula is C25H40O13. The van der Waals surface area contributed by atoms with Gasteiger partial charge < -0.3 is 43.7 Å². The predicted molar refractivity (Wildman–Crippen MR) is 127 cm³/mol. The summed E-state index contributed by atoms with van der Waals surface area (Å²) >= 11 is 0. The van der Waals surface area contributed by atoms with Gasteiger partial charge in [0.05, 0.1) is 43.0 Å². The molecule has 3 N–H and O–H groups in total. The Bertz CT molecular complexity index is 886. The quantitative estimate of drug-likeness (QED) is 0.270. The van der Waals surface area contributed by atoms with Gasteiger partial charge in [-0.25, -0.2) is 0 Å². The molecule has 3 saturated heterocycles. The maximum atomic E-state index is 11.7. The Kier molecular flexibility index (Phi) is 9.53. The van der Waals surface area contributed by atoms with Crippen LogP contribution in [0.15, 0.2) is 0 Å². The van der Waals surface area contributed by atoms with E-state index in [1.807, 2.05) is 0 Å². The van der Waals surface area contributed by atoms with Crippen molar-refractivity contribution in [3.8, 4) is 0 Å². The smallest absolute Gasteiger partial charge is 0.320 e. The number of methoxy groups -OCH3 is 3. The van der Waals surface area contributed by atoms with Crippen LogP contribution in [0.4, 0.5) is 0 Å². The highest BCUT2D eigenvalue weighted by atomic mass is 16.6. The number of hydrogen-bond acceptors (Lipinski definition) is 13. The van der Waals surface area contributed by atoms with Crippen LogP contribution in [0, 0.1) is 23.7 Å². The molecule has 0 radical (unpaired) electrons. The Labute approximate surface area is 221 Å². The highest BCUT2D eigenvalue weighted by Crippen LogP contribution is 2.49. The van der Waals surface area contributed by atoms with Crippen molar-refractivity contribution in [1.29, 1.82) is 0 Å². The molecule has 9 atom stereocenters. The zero-order chi connectivity index (χ0) is 29.4. The highest BCUT2D eigenvalue weighted by Gasteiger charge is 2.70. The summed E-state index contributed by atoms with van der Waals surface area (Å²) in [6.07, 6.45) is -1.70. The van der Waals surface area contributed by atoms with E-state index in [2.05, 4.69) is 9.47 Å². The van der Waals surface area contributed by atoms with Crippen molar-refractivity contribution in [3.63, 3.8) is 0 Å². The molecule has 6 unspecified atom stereocenters. The summed E-state index contributed by atoms with van der Waals surface area (Å²) in [6, 6.07) is 0. The third kappa shape index (κ3) is 5.12. The normalized spacial score (nSPS) is 43.8. The van der Waals surface area contributed by atoms with E-state index in [4.69, 9.17) is 18.9 Å². The van der Waals surface area contributed by atoms with Gasteiger partial charge in [-0.1, -0.05) is 13.8 Å². The molecular weight excluding hydrogens is 508 g/mol. The molecule has 0 bridgehead atoms. The maximum Gasteiger partial charge on any atom is 0.320 e. The molecule has 0 amide bonds. The van der Waals surface area contributed by atoms with Crippen molar-refractivity contribution in [2.45, 2.75) is 76.2 Å². The van der Waals surface area contributed by atoms with Gasteiger partial charge in [-0.15, -0.1) is 0 Å². The van der Waals surface area contributed by atoms with Gasteiger partial charge >= 0.3 is 23.9 Å². The number of cyclic esters (lactones) is 4. The molecule has 3 heterocycles. The van der Waals surface area contributed by atoms with E-state index in [0.29, 0.717) is 0 Å². The second-order valence-electron chi connectivity index (χ2n) is 10.8. The van der Waals surface area contributed by atoms with Crippen LogP contribution in [0.25, 0.3) is 0 Å². The number of carbonyl (C=O) groups is 4. The van der Waals surface area contributed by atoms with Crippen LogP contribution in [0.2, 0.25) is 0 Å². The fraction of sp³-hybridized carbons (Fsp3) is 0.840. The molecule has 0 aliphatic carbocycles. The molecule has 3 fully saturated rings. The highest BCUT2D eigenvalue weighted by molar-refractivity contribution is 5.99. The topological polar surface area (TPSA) is 184 Å². The van der Waals surface area contributed by atoms with Crippen LogP contribution >= 0.6 is 0 Å². The molecule has 3 aliphatic heterocycles. The fourth-order valence-electron chi connectivity index (χ4n) is 5.24. The summed E-state index contributed by atoms with van der Waals surface area (Å²) in [7, 11) is 4.28. The van der Waals surface area contributed by atoms with Gasteiger partial charge in [-0.2, -0.15) is 0 Å². The number of ether oxygens (including phenoxy) is 6. The first-order valence-corrected chi connectivity index (χ1v) is 12.2. The molecule has 38 heavy (non-hydrogen) atoms. The Balaban J connectivity index is 0.000000267. The lowest BCUT2D eigenvalue weighted by atomic mass is 9.62. The summed E-state index contributed by atoms with van der Waals surface area (Å²) in [6.45, 7) is 9.12. The number of carbonyl (C=O) groups excluding carboxylic acids is 4. The van der Waals surface area contributed by atoms with Crippen LogP contribution in [0.3, 0.4) is 0 Å². The van der Waals surface area contributed by atoms with Crippen LogP contribution in [0.5, 0.6) is 0 Å². The minimum absolute atomic E-state index is 0.0758. The van der Waals surface area contributed by atoms with Crippen molar-refractivity contribution in [2.75, 3.05) is 34.5 Å². The molecule has 3 aliphatic rings. The Morgan fingerprint density at radius 3 is 1.53 bits per heavy atom. The van der Waals surface area contributed by atoms with E-state index in [1.54, 1.807) is 6.92 Å². The lowest BCUT2D eigenvalue weighted by Crippen LogP contribution is -2.81. The van der Waals surface area contributed by atoms with E-state index in [9.17, 15) is 34.5 Å². The summed E-state index contributed by atoms with van der Waals surface area (Å²) in [4.78, 5) is 46.1. The van der Waals surface area contributed by atoms with E-state index < -0.39 is 82.2 Å². The van der Waals surface area contributed by atoms with Crippen LogP contribution in [0.1, 0.15) is 41.5 Å². The van der Waals surface area contributed by atoms with E-state index in [0.717, 1.165) is 0 Å². The summed E-state index contributed by atoms with van der Waals surface area (Å²) in [5.74, 6) is -6.00. The van der Waals surface area contributed by atoms with Gasteiger partial charge in [0.25, 0.3) is 0 Å². The third-order valence-corrected chi connectivity index (χ3v) is 8.48. The molecule has 13 nitrogen and oxygen atoms in total. The van der Waals surface area contributed by atoms with Gasteiger partial charge in [0, 0.05) is 21.3 Å². The molecule has 0 saturated carbocycles. The van der Waals surface area contributed by atoms with Crippen LogP contribution in [-0.2, 0) is 47.6 Å². The molecule has 0 spiro atoms. The molecule has 3 rings (SSSR count). The third-order valence-electron chi connectivity index (χ3n) is 8.48. The monoisotopic (exact) mass is 548 g/mol. The number of aliphatic hydroxyl groups is 3. The Morgan fingerprint density at radius 1 is 0.763 bits per heavy atom. The van der Waals surface area contributed by atoms with Crippen molar-refractivity contribution in [3.05, 3.63) is 0 Å². The van der Waals surface area contributed by atoms with Gasteiger partial charge in [0.15, 0.2) is 0 Å². The SMILES string of the molecule is COC(C1C(=O)OC(=O)C1C)C1C(=O)OC(=O)C1C.COCC1O[C@](C)(COC)C(C)(O)[C@](C)(O)[C@]1(C)O. The largest absolute Gasteiger partial charge is 0.393 e. The maximum absolute atomic E-state index is 11.7. The van der Waals surface area contributed by atoms with Crippen molar-refractivity contribution < 1.29 is 62.9 Å². The average Bonchev–Trinajstić information content (AvgIpc) is 3.21. The van der Waals surface area contributed by atoms with E-state index in [-0.39, 0.29) is 13.2 Å². The van der Waals surface area contributed by atoms with Crippen LogP contribution < -0.4 is 0 Å². The average molecular weight is 549 g/mol. The lowest BCUT2D eigenvalue weighted by Gasteiger charge is -2.62. The number of hydrogen-bond donors (Lipinski definition) is 3. The zero-order valence-electron chi connectivity index (χ0n) is 23.3. The molecule has 0 aromatic carbocycles. The van der Waals surface area contributed by atoms with E-state index >= 15 is 0 Å². The van der Waals surface area contributed by atoms with Gasteiger partial charge in [-0.3, -0.25) is 19.2 Å². The Morgan fingerprint density at radius 2 is 1.21 bits per heavy atom. The summed E-state index contributed by atoms with van der Waals surface area (Å²) in [5.41, 5.74) is -6.34. The molecule has 218 valence electrons. The Hall–Kier alpha value is -2.00.